The first-order chi connectivity index (χ1) is 15.6. The number of rotatable bonds is 8. The Morgan fingerprint density at radius 1 is 1.22 bits per heavy atom. The molecule has 2 aromatic heterocycles. The molecule has 5 N–H and O–H groups in total. The number of anilines is 1. The fraction of sp³-hybridized carbons (Fsp3) is 0.429. The molecular weight excluding hydrogens is 428 g/mol. The van der Waals surface area contributed by atoms with Gasteiger partial charge in [0.25, 0.3) is 5.91 Å². The first kappa shape index (κ1) is 22.0. The monoisotopic (exact) mass is 456 g/mol. The lowest BCUT2D eigenvalue weighted by Crippen LogP contribution is -2.46. The summed E-state index contributed by atoms with van der Waals surface area (Å²) in [5.74, 6) is 0.139. The number of aromatic nitrogens is 3. The highest BCUT2D eigenvalue weighted by Gasteiger charge is 2.23. The molecule has 0 bridgehead atoms. The lowest BCUT2D eigenvalue weighted by molar-refractivity contribution is 0.0933. The number of H-pyrrole nitrogens is 1. The van der Waals surface area contributed by atoms with E-state index in [-0.39, 0.29) is 11.9 Å². The van der Waals surface area contributed by atoms with E-state index in [0.717, 1.165) is 55.2 Å². The second-order valence-electron chi connectivity index (χ2n) is 7.54. The molecule has 1 aromatic carbocycles. The van der Waals surface area contributed by atoms with Crippen LogP contribution in [0.15, 0.2) is 30.5 Å². The predicted molar refractivity (Wildman–Crippen MR) is 125 cm³/mol. The summed E-state index contributed by atoms with van der Waals surface area (Å²) in [6.45, 7) is 6.12. The van der Waals surface area contributed by atoms with Gasteiger partial charge < -0.3 is 31.2 Å². The molecule has 1 fully saturated rings. The number of hydrogen-bond donors (Lipinski definition) is 5. The molecule has 0 saturated carbocycles. The number of amides is 3. The van der Waals surface area contributed by atoms with Crippen LogP contribution in [0, 0.1) is 0 Å². The molecule has 1 saturated heterocycles. The Bertz CT molecular complexity index is 1030. The van der Waals surface area contributed by atoms with E-state index in [2.05, 4.69) is 48.0 Å². The summed E-state index contributed by atoms with van der Waals surface area (Å²) >= 11 is 1.34. The number of nitrogens with one attached hydrogen (secondary N) is 5. The van der Waals surface area contributed by atoms with Crippen LogP contribution in [0.2, 0.25) is 0 Å². The van der Waals surface area contributed by atoms with Gasteiger partial charge in [0.2, 0.25) is 0 Å². The highest BCUT2D eigenvalue weighted by atomic mass is 32.1. The zero-order valence-electron chi connectivity index (χ0n) is 18.0. The van der Waals surface area contributed by atoms with Crippen molar-refractivity contribution in [3.63, 3.8) is 0 Å². The van der Waals surface area contributed by atoms with Gasteiger partial charge in [-0.15, -0.1) is 0 Å². The van der Waals surface area contributed by atoms with Gasteiger partial charge in [-0.3, -0.25) is 4.79 Å². The molecule has 170 valence electrons. The first-order valence-corrected chi connectivity index (χ1v) is 11.7. The van der Waals surface area contributed by atoms with Crippen molar-refractivity contribution in [1.29, 1.82) is 0 Å². The van der Waals surface area contributed by atoms with Crippen LogP contribution in [0.25, 0.3) is 11.0 Å². The minimum Gasteiger partial charge on any atom is -0.346 e. The predicted octanol–water partition coefficient (Wildman–Crippen LogP) is 1.96. The van der Waals surface area contributed by atoms with Crippen molar-refractivity contribution in [1.82, 2.24) is 36.2 Å². The van der Waals surface area contributed by atoms with Crippen LogP contribution in [0.5, 0.6) is 0 Å². The first-order valence-electron chi connectivity index (χ1n) is 10.9. The van der Waals surface area contributed by atoms with Crippen LogP contribution in [0.3, 0.4) is 0 Å². The number of aromatic amines is 1. The van der Waals surface area contributed by atoms with Gasteiger partial charge >= 0.3 is 6.03 Å². The van der Waals surface area contributed by atoms with Crippen molar-refractivity contribution in [3.8, 4) is 0 Å². The third kappa shape index (κ3) is 5.35. The minimum atomic E-state index is -0.818. The molecule has 1 aliphatic heterocycles. The zero-order valence-corrected chi connectivity index (χ0v) is 18.8. The Hall–Kier alpha value is -3.18. The Balaban J connectivity index is 1.49. The van der Waals surface area contributed by atoms with Crippen LogP contribution < -0.4 is 26.2 Å². The van der Waals surface area contributed by atoms with Gasteiger partial charge in [0, 0.05) is 32.7 Å². The highest BCUT2D eigenvalue weighted by Crippen LogP contribution is 2.23. The lowest BCUT2D eigenvalue weighted by atomic mass is 10.3. The van der Waals surface area contributed by atoms with Crippen molar-refractivity contribution in [2.45, 2.75) is 25.9 Å². The molecule has 10 nitrogen and oxygen atoms in total. The maximum absolute atomic E-state index is 13.0. The number of unbranched alkanes of at least 4 members (excludes halogenated alkanes) is 1. The number of fused-ring (bicyclic) bond motifs is 1. The molecule has 11 heteroatoms. The van der Waals surface area contributed by atoms with Crippen molar-refractivity contribution in [2.75, 3.05) is 37.6 Å². The molecule has 0 radical (unpaired) electrons. The van der Waals surface area contributed by atoms with E-state index in [1.165, 1.54) is 11.3 Å². The summed E-state index contributed by atoms with van der Waals surface area (Å²) in [4.78, 5) is 40.2. The third-order valence-corrected chi connectivity index (χ3v) is 6.21. The fourth-order valence-electron chi connectivity index (χ4n) is 3.42. The van der Waals surface area contributed by atoms with Gasteiger partial charge in [-0.2, -0.15) is 0 Å². The molecule has 3 heterocycles. The summed E-state index contributed by atoms with van der Waals surface area (Å²) in [5, 5.41) is 12.6. The van der Waals surface area contributed by atoms with E-state index in [1.807, 2.05) is 24.3 Å². The molecule has 0 spiro atoms. The molecule has 3 amide bonds. The van der Waals surface area contributed by atoms with Gasteiger partial charge in [-0.25, -0.2) is 14.8 Å². The van der Waals surface area contributed by atoms with Crippen LogP contribution in [-0.4, -0.2) is 59.6 Å². The highest BCUT2D eigenvalue weighted by molar-refractivity contribution is 7.17. The Kier molecular flexibility index (Phi) is 7.17. The standard InChI is InChI=1S/C21H28N8O2S/c1-2-3-8-23-20(31)28-18(17-25-14-6-4-5-7-15(14)26-17)27-19(30)16-13-24-21(32-16)29-11-9-22-10-12-29/h4-7,13,18,22H,2-3,8-12H2,1H3,(H,25,26)(H,27,30)(H2,23,28,31). The number of piperazine rings is 1. The van der Waals surface area contributed by atoms with Gasteiger partial charge in [0.05, 0.1) is 17.2 Å². The smallest absolute Gasteiger partial charge is 0.316 e. The van der Waals surface area contributed by atoms with Crippen molar-refractivity contribution in [3.05, 3.63) is 41.2 Å². The van der Waals surface area contributed by atoms with Crippen molar-refractivity contribution >= 4 is 39.4 Å². The van der Waals surface area contributed by atoms with Gasteiger partial charge in [0.1, 0.15) is 4.88 Å². The SMILES string of the molecule is CCCCNC(=O)NC(NC(=O)c1cnc(N2CCNCC2)s1)c1nc2ccccc2[nH]1. The summed E-state index contributed by atoms with van der Waals surface area (Å²) in [7, 11) is 0. The van der Waals surface area contributed by atoms with Crippen molar-refractivity contribution < 1.29 is 9.59 Å². The average Bonchev–Trinajstić information content (AvgIpc) is 3.47. The van der Waals surface area contributed by atoms with Crippen LogP contribution in [-0.2, 0) is 0 Å². The number of imidazole rings is 1. The van der Waals surface area contributed by atoms with Crippen LogP contribution >= 0.6 is 11.3 Å². The van der Waals surface area contributed by atoms with E-state index in [1.54, 1.807) is 6.20 Å². The van der Waals surface area contributed by atoms with E-state index in [9.17, 15) is 9.59 Å². The average molecular weight is 457 g/mol. The molecule has 1 aliphatic rings. The number of carbonyl (C=O) groups excluding carboxylic acids is 2. The van der Waals surface area contributed by atoms with E-state index in [0.29, 0.717) is 17.2 Å². The molecule has 1 atom stereocenters. The second kappa shape index (κ2) is 10.4. The quantitative estimate of drug-likeness (QED) is 0.260. The van der Waals surface area contributed by atoms with Crippen molar-refractivity contribution in [2.24, 2.45) is 0 Å². The molecule has 32 heavy (non-hydrogen) atoms. The molecule has 0 aliphatic carbocycles. The Morgan fingerprint density at radius 2 is 2.03 bits per heavy atom. The van der Waals surface area contributed by atoms with Crippen LogP contribution in [0.1, 0.15) is 41.4 Å². The Labute approximate surface area is 190 Å². The largest absolute Gasteiger partial charge is 0.346 e. The topological polar surface area (TPSA) is 127 Å². The van der Waals surface area contributed by atoms with Gasteiger partial charge in [-0.05, 0) is 18.6 Å². The molecular formula is C21H28N8O2S. The van der Waals surface area contributed by atoms with E-state index < -0.39 is 6.17 Å². The number of nitrogens with zero attached hydrogens (tertiary/aromatic N) is 3. The maximum atomic E-state index is 13.0. The summed E-state index contributed by atoms with van der Waals surface area (Å²) in [6.07, 6.45) is 2.62. The molecule has 4 rings (SSSR count). The molecule has 1 unspecified atom stereocenters. The summed E-state index contributed by atoms with van der Waals surface area (Å²) < 4.78 is 0. The number of carbonyl (C=O) groups is 2. The Morgan fingerprint density at radius 3 is 2.81 bits per heavy atom. The summed E-state index contributed by atoms with van der Waals surface area (Å²) in [5.41, 5.74) is 1.59. The number of hydrogen-bond acceptors (Lipinski definition) is 7. The van der Waals surface area contributed by atoms with E-state index in [4.69, 9.17) is 0 Å². The number of urea groups is 1. The number of para-hydroxylation sites is 2. The number of thiazole rings is 1. The number of benzene rings is 1. The molecule has 3 aromatic rings. The normalized spacial score (nSPS) is 14.8. The van der Waals surface area contributed by atoms with E-state index >= 15 is 0 Å². The fourth-order valence-corrected chi connectivity index (χ4v) is 4.29. The maximum Gasteiger partial charge on any atom is 0.316 e. The van der Waals surface area contributed by atoms with Crippen LogP contribution in [0.4, 0.5) is 9.93 Å². The summed E-state index contributed by atoms with van der Waals surface area (Å²) in [6, 6.07) is 7.20. The minimum absolute atomic E-state index is 0.316. The third-order valence-electron chi connectivity index (χ3n) is 5.15. The van der Waals surface area contributed by atoms with Gasteiger partial charge in [0.15, 0.2) is 17.1 Å². The second-order valence-corrected chi connectivity index (χ2v) is 8.55. The lowest BCUT2D eigenvalue weighted by Gasteiger charge is -2.26. The van der Waals surface area contributed by atoms with Gasteiger partial charge in [-0.1, -0.05) is 36.8 Å². The zero-order chi connectivity index (χ0) is 22.3.